The first-order valence-corrected chi connectivity index (χ1v) is 4.67. The summed E-state index contributed by atoms with van der Waals surface area (Å²) in [5, 5.41) is 10.7. The molecule has 0 saturated carbocycles. The number of hydrogen-bond acceptors (Lipinski definition) is 4. The van der Waals surface area contributed by atoms with Gasteiger partial charge in [-0.3, -0.25) is 19.0 Å². The number of amides is 1. The molecule has 92 valence electrons. The van der Waals surface area contributed by atoms with Crippen LogP contribution in [0.1, 0.15) is 17.3 Å². The number of hydrogen-bond donors (Lipinski definition) is 3. The second-order valence-corrected chi connectivity index (χ2v) is 3.41. The molecule has 1 aromatic rings. The maximum absolute atomic E-state index is 11.5. The number of aromatic nitrogens is 2. The highest BCUT2D eigenvalue weighted by Crippen LogP contribution is 1.89. The lowest BCUT2D eigenvalue weighted by molar-refractivity contribution is -0.138. The molecule has 0 fully saturated rings. The Hall–Kier alpha value is -2.38. The van der Waals surface area contributed by atoms with Crippen molar-refractivity contribution in [1.82, 2.24) is 14.9 Å². The summed E-state index contributed by atoms with van der Waals surface area (Å²) in [7, 11) is 1.21. The quantitative estimate of drug-likeness (QED) is 0.581. The Labute approximate surface area is 94.9 Å². The van der Waals surface area contributed by atoms with Gasteiger partial charge in [-0.15, -0.1) is 0 Å². The van der Waals surface area contributed by atoms with Crippen LogP contribution in [-0.2, 0) is 11.8 Å². The van der Waals surface area contributed by atoms with E-state index in [0.717, 1.165) is 10.8 Å². The number of carbonyl (C=O) groups is 2. The van der Waals surface area contributed by atoms with Crippen LogP contribution in [0.5, 0.6) is 0 Å². The summed E-state index contributed by atoms with van der Waals surface area (Å²) in [6.45, 7) is 1.26. The number of carbonyl (C=O) groups excluding carboxylic acids is 1. The fourth-order valence-corrected chi connectivity index (χ4v) is 1.06. The molecular weight excluding hydrogens is 230 g/mol. The van der Waals surface area contributed by atoms with E-state index >= 15 is 0 Å². The van der Waals surface area contributed by atoms with Gasteiger partial charge < -0.3 is 15.4 Å². The number of aliphatic carboxylic acids is 1. The molecule has 1 rings (SSSR count). The van der Waals surface area contributed by atoms with Crippen molar-refractivity contribution in [2.45, 2.75) is 13.0 Å². The van der Waals surface area contributed by atoms with E-state index in [0.29, 0.717) is 0 Å². The van der Waals surface area contributed by atoms with Crippen LogP contribution >= 0.6 is 0 Å². The van der Waals surface area contributed by atoms with Crippen molar-refractivity contribution in [2.24, 2.45) is 7.05 Å². The number of rotatable bonds is 3. The summed E-state index contributed by atoms with van der Waals surface area (Å²) in [6, 6.07) is -1.13. The molecule has 0 saturated heterocycles. The van der Waals surface area contributed by atoms with Crippen LogP contribution in [0.3, 0.4) is 0 Å². The average Bonchev–Trinajstić information content (AvgIpc) is 2.25. The van der Waals surface area contributed by atoms with Gasteiger partial charge in [0.15, 0.2) is 0 Å². The first-order chi connectivity index (χ1) is 7.84. The van der Waals surface area contributed by atoms with Crippen molar-refractivity contribution in [3.63, 3.8) is 0 Å². The molecule has 0 bridgehead atoms. The second kappa shape index (κ2) is 4.64. The van der Waals surface area contributed by atoms with Gasteiger partial charge in [-0.2, -0.15) is 0 Å². The van der Waals surface area contributed by atoms with Crippen molar-refractivity contribution in [2.75, 3.05) is 0 Å². The summed E-state index contributed by atoms with van der Waals surface area (Å²) in [6.07, 6.45) is 0.953. The zero-order chi connectivity index (χ0) is 13.2. The standard InChI is InChI=1S/C9H11N3O5/c1-4(8(15)16)11-6(13)5-3-10-9(17)12(2)7(5)14/h3-4H,1-2H3,(H,10,17)(H,11,13)(H,15,16)/t4-/m0/s1. The minimum absolute atomic E-state index is 0.319. The Kier molecular flexibility index (Phi) is 3.46. The van der Waals surface area contributed by atoms with Crippen LogP contribution < -0.4 is 16.6 Å². The third kappa shape index (κ3) is 2.60. The van der Waals surface area contributed by atoms with E-state index in [1.807, 2.05) is 0 Å². The average molecular weight is 241 g/mol. The highest BCUT2D eigenvalue weighted by Gasteiger charge is 2.18. The van der Waals surface area contributed by atoms with E-state index in [9.17, 15) is 19.2 Å². The molecule has 8 heteroatoms. The summed E-state index contributed by atoms with van der Waals surface area (Å²) in [5.74, 6) is -2.07. The number of carboxylic acids is 1. The predicted molar refractivity (Wildman–Crippen MR) is 56.9 cm³/mol. The molecule has 0 aromatic carbocycles. The number of carboxylic acid groups (broad SMARTS) is 1. The third-order valence-electron chi connectivity index (χ3n) is 2.14. The molecule has 3 N–H and O–H groups in total. The molecule has 0 aliphatic carbocycles. The van der Waals surface area contributed by atoms with Crippen LogP contribution in [0.2, 0.25) is 0 Å². The smallest absolute Gasteiger partial charge is 0.328 e. The predicted octanol–water partition coefficient (Wildman–Crippen LogP) is -1.72. The number of nitrogens with one attached hydrogen (secondary N) is 2. The van der Waals surface area contributed by atoms with Gasteiger partial charge >= 0.3 is 11.7 Å². The van der Waals surface area contributed by atoms with E-state index in [4.69, 9.17) is 5.11 Å². The van der Waals surface area contributed by atoms with Gasteiger partial charge in [0.2, 0.25) is 0 Å². The van der Waals surface area contributed by atoms with Crippen LogP contribution in [0.4, 0.5) is 0 Å². The maximum Gasteiger partial charge on any atom is 0.328 e. The van der Waals surface area contributed by atoms with Gasteiger partial charge in [-0.25, -0.2) is 4.79 Å². The normalized spacial score (nSPS) is 11.9. The monoisotopic (exact) mass is 241 g/mol. The Balaban J connectivity index is 3.07. The fourth-order valence-electron chi connectivity index (χ4n) is 1.06. The van der Waals surface area contributed by atoms with Crippen molar-refractivity contribution in [1.29, 1.82) is 0 Å². The van der Waals surface area contributed by atoms with Gasteiger partial charge in [-0.1, -0.05) is 0 Å². The highest BCUT2D eigenvalue weighted by atomic mass is 16.4. The number of H-pyrrole nitrogens is 1. The molecule has 0 spiro atoms. The SMILES string of the molecule is C[C@H](NC(=O)c1c[nH]c(=O)n(C)c1=O)C(=O)O. The van der Waals surface area contributed by atoms with E-state index in [1.165, 1.54) is 14.0 Å². The third-order valence-corrected chi connectivity index (χ3v) is 2.14. The lowest BCUT2D eigenvalue weighted by Crippen LogP contribution is -2.43. The van der Waals surface area contributed by atoms with E-state index < -0.39 is 29.2 Å². The minimum Gasteiger partial charge on any atom is -0.480 e. The van der Waals surface area contributed by atoms with E-state index in [2.05, 4.69) is 10.3 Å². The number of nitrogens with zero attached hydrogens (tertiary/aromatic N) is 1. The lowest BCUT2D eigenvalue weighted by Gasteiger charge is -2.08. The molecule has 0 radical (unpaired) electrons. The Morgan fingerprint density at radius 3 is 2.59 bits per heavy atom. The maximum atomic E-state index is 11.5. The summed E-state index contributed by atoms with van der Waals surface area (Å²) < 4.78 is 0.723. The zero-order valence-corrected chi connectivity index (χ0v) is 9.18. The second-order valence-electron chi connectivity index (χ2n) is 3.41. The van der Waals surface area contributed by atoms with Crippen molar-refractivity contribution < 1.29 is 14.7 Å². The van der Waals surface area contributed by atoms with Crippen molar-refractivity contribution >= 4 is 11.9 Å². The molecule has 17 heavy (non-hydrogen) atoms. The summed E-state index contributed by atoms with van der Waals surface area (Å²) in [4.78, 5) is 46.8. The first kappa shape index (κ1) is 12.7. The van der Waals surface area contributed by atoms with Gasteiger partial charge in [0, 0.05) is 13.2 Å². The molecule has 8 nitrogen and oxygen atoms in total. The van der Waals surface area contributed by atoms with Gasteiger partial charge in [0.1, 0.15) is 11.6 Å². The first-order valence-electron chi connectivity index (χ1n) is 4.67. The fraction of sp³-hybridized carbons (Fsp3) is 0.333. The molecule has 1 heterocycles. The largest absolute Gasteiger partial charge is 0.480 e. The summed E-state index contributed by atoms with van der Waals surface area (Å²) >= 11 is 0. The molecule has 1 amide bonds. The van der Waals surface area contributed by atoms with Crippen LogP contribution in [0.15, 0.2) is 15.8 Å². The Morgan fingerprint density at radius 2 is 2.06 bits per heavy atom. The lowest BCUT2D eigenvalue weighted by atomic mass is 10.2. The van der Waals surface area contributed by atoms with Crippen molar-refractivity contribution in [3.8, 4) is 0 Å². The Morgan fingerprint density at radius 1 is 1.47 bits per heavy atom. The van der Waals surface area contributed by atoms with Crippen molar-refractivity contribution in [3.05, 3.63) is 32.6 Å². The van der Waals surface area contributed by atoms with Crippen LogP contribution in [-0.4, -0.2) is 32.6 Å². The molecule has 1 aromatic heterocycles. The van der Waals surface area contributed by atoms with E-state index in [-0.39, 0.29) is 5.56 Å². The topological polar surface area (TPSA) is 121 Å². The van der Waals surface area contributed by atoms with E-state index in [1.54, 1.807) is 0 Å². The van der Waals surface area contributed by atoms with Crippen LogP contribution in [0, 0.1) is 0 Å². The molecule has 0 aliphatic rings. The summed E-state index contributed by atoms with van der Waals surface area (Å²) in [5.41, 5.74) is -1.76. The van der Waals surface area contributed by atoms with Gasteiger partial charge in [0.05, 0.1) is 0 Å². The molecular formula is C9H11N3O5. The van der Waals surface area contributed by atoms with Crippen LogP contribution in [0.25, 0.3) is 0 Å². The highest BCUT2D eigenvalue weighted by molar-refractivity contribution is 5.95. The molecule has 0 aliphatic heterocycles. The Bertz CT molecular complexity index is 571. The minimum atomic E-state index is -1.22. The molecule has 0 unspecified atom stereocenters. The zero-order valence-electron chi connectivity index (χ0n) is 9.18. The molecule has 1 atom stereocenters. The van der Waals surface area contributed by atoms with Gasteiger partial charge in [-0.05, 0) is 6.92 Å². The van der Waals surface area contributed by atoms with Gasteiger partial charge in [0.25, 0.3) is 11.5 Å². The number of aromatic amines is 1.